The van der Waals surface area contributed by atoms with Gasteiger partial charge in [-0.15, -0.1) is 0 Å². The number of nitrogens with zero attached hydrogens (tertiary/aromatic N) is 4. The van der Waals surface area contributed by atoms with Crippen LogP contribution in [0.1, 0.15) is 138 Å². The molecule has 0 aromatic heterocycles. The maximum atomic E-state index is 12.3. The molecule has 5 rings (SSSR count). The largest absolute Gasteiger partial charge is 0.446 e. The van der Waals surface area contributed by atoms with Gasteiger partial charge in [0, 0.05) is 70.3 Å². The molecule has 60 heavy (non-hydrogen) atoms. The lowest BCUT2D eigenvalue weighted by Gasteiger charge is -2.53. The summed E-state index contributed by atoms with van der Waals surface area (Å²) in [6, 6.07) is 11.1. The highest BCUT2D eigenvalue weighted by atomic mass is 16.6. The molecule has 2 amide bonds. The first-order valence-corrected chi connectivity index (χ1v) is 21.4. The van der Waals surface area contributed by atoms with Crippen molar-refractivity contribution in [2.24, 2.45) is 4.99 Å². The van der Waals surface area contributed by atoms with Gasteiger partial charge in [-0.1, -0.05) is 12.1 Å². The molecule has 12 nitrogen and oxygen atoms in total. The number of amides is 2. The Balaban J connectivity index is 0.000000254. The highest BCUT2D eigenvalue weighted by Gasteiger charge is 2.46. The number of aliphatic hydroxyl groups excluding tert-OH is 1. The predicted octanol–water partition coefficient (Wildman–Crippen LogP) is 10.3. The number of aliphatic imine (C=N–C) groups is 1. The third-order valence-corrected chi connectivity index (χ3v) is 13.7. The van der Waals surface area contributed by atoms with Crippen LogP contribution in [0.2, 0.25) is 0 Å². The van der Waals surface area contributed by atoms with Gasteiger partial charge in [0.1, 0.15) is 12.2 Å². The van der Waals surface area contributed by atoms with Crippen LogP contribution in [-0.4, -0.2) is 111 Å². The van der Waals surface area contributed by atoms with Crippen LogP contribution in [-0.2, 0) is 14.3 Å². The smallest absolute Gasteiger partial charge is 0.411 e. The summed E-state index contributed by atoms with van der Waals surface area (Å²) in [5.74, 6) is 0. The number of carbonyl (C=O) groups is 2. The van der Waals surface area contributed by atoms with E-state index in [-0.39, 0.29) is 57.6 Å². The van der Waals surface area contributed by atoms with Crippen molar-refractivity contribution in [3.05, 3.63) is 53.1 Å². The fourth-order valence-corrected chi connectivity index (χ4v) is 9.32. The third-order valence-electron chi connectivity index (χ3n) is 13.7. The number of benzene rings is 2. The second-order valence-corrected chi connectivity index (χ2v) is 21.2. The molecule has 2 aromatic rings. The molecule has 2 aromatic carbocycles. The molecule has 3 heterocycles. The summed E-state index contributed by atoms with van der Waals surface area (Å²) in [5.41, 5.74) is 5.16. The van der Waals surface area contributed by atoms with Crippen molar-refractivity contribution in [3.8, 4) is 0 Å². The SMILES string of the molecule is CN1C(C)(C)CC(O)CC1(C)C.Cc1ccc(NC(=O)OC2CC(C)(C)N(C)C(C)(C)C2)cc1C.Cc1ccc(NC(=O)OC2CC(C)(C)N(C)C(C)(C)C2)cc1N=C=O. The number of carbonyl (C=O) groups excluding carboxylic acids is 3. The normalized spacial score (nSPS) is 22.4. The van der Waals surface area contributed by atoms with E-state index in [1.807, 2.05) is 32.0 Å². The molecule has 336 valence electrons. The molecule has 0 bridgehead atoms. The van der Waals surface area contributed by atoms with Crippen LogP contribution in [0.15, 0.2) is 41.4 Å². The summed E-state index contributed by atoms with van der Waals surface area (Å²) in [6.45, 7) is 32.1. The summed E-state index contributed by atoms with van der Waals surface area (Å²) in [6.07, 6.45) is 5.30. The maximum absolute atomic E-state index is 12.3. The van der Waals surface area contributed by atoms with Crippen molar-refractivity contribution in [2.45, 2.75) is 194 Å². The number of rotatable bonds is 5. The van der Waals surface area contributed by atoms with E-state index in [4.69, 9.17) is 9.47 Å². The first-order valence-electron chi connectivity index (χ1n) is 21.4. The number of anilines is 2. The Hall–Kier alpha value is -3.80. The number of aliphatic hydroxyl groups is 1. The van der Waals surface area contributed by atoms with Crippen molar-refractivity contribution in [3.63, 3.8) is 0 Å². The molecule has 3 N–H and O–H groups in total. The molecule has 0 atom stereocenters. The molecular formula is C48H78N6O6. The van der Waals surface area contributed by atoms with E-state index < -0.39 is 6.09 Å². The summed E-state index contributed by atoms with van der Waals surface area (Å²) >= 11 is 0. The van der Waals surface area contributed by atoms with Crippen molar-refractivity contribution in [1.29, 1.82) is 0 Å². The molecule has 3 fully saturated rings. The summed E-state index contributed by atoms with van der Waals surface area (Å²) in [5, 5.41) is 15.2. The lowest BCUT2D eigenvalue weighted by molar-refractivity contribution is -0.0666. The van der Waals surface area contributed by atoms with Crippen LogP contribution < -0.4 is 10.6 Å². The fraction of sp³-hybridized carbons (Fsp3) is 0.688. The van der Waals surface area contributed by atoms with Crippen molar-refractivity contribution in [2.75, 3.05) is 31.8 Å². The van der Waals surface area contributed by atoms with Crippen molar-refractivity contribution < 1.29 is 29.0 Å². The van der Waals surface area contributed by atoms with Gasteiger partial charge in [-0.05, 0) is 179 Å². The van der Waals surface area contributed by atoms with Crippen LogP contribution in [0.25, 0.3) is 0 Å². The number of piperidine rings is 3. The molecule has 0 aliphatic carbocycles. The quantitative estimate of drug-likeness (QED) is 0.199. The topological polar surface area (TPSA) is 136 Å². The molecule has 3 saturated heterocycles. The Morgan fingerprint density at radius 3 is 1.27 bits per heavy atom. The Morgan fingerprint density at radius 1 is 0.583 bits per heavy atom. The van der Waals surface area contributed by atoms with Crippen molar-refractivity contribution in [1.82, 2.24) is 14.7 Å². The zero-order valence-corrected chi connectivity index (χ0v) is 40.2. The van der Waals surface area contributed by atoms with Crippen LogP contribution in [0.3, 0.4) is 0 Å². The Morgan fingerprint density at radius 2 is 0.917 bits per heavy atom. The average molecular weight is 835 g/mol. The predicted molar refractivity (Wildman–Crippen MR) is 244 cm³/mol. The molecule has 0 unspecified atom stereocenters. The van der Waals surface area contributed by atoms with E-state index in [1.54, 1.807) is 18.2 Å². The number of aryl methyl sites for hydroxylation is 3. The van der Waals surface area contributed by atoms with E-state index in [0.29, 0.717) is 11.4 Å². The van der Waals surface area contributed by atoms with Gasteiger partial charge in [0.05, 0.1) is 11.8 Å². The lowest BCUT2D eigenvalue weighted by atomic mass is 9.79. The zero-order chi connectivity index (χ0) is 45.8. The first-order chi connectivity index (χ1) is 27.3. The van der Waals surface area contributed by atoms with Crippen LogP contribution in [0.4, 0.5) is 26.7 Å². The maximum Gasteiger partial charge on any atom is 0.411 e. The number of nitrogens with one attached hydrogen (secondary N) is 2. The summed E-state index contributed by atoms with van der Waals surface area (Å²) in [7, 11) is 6.40. The second kappa shape index (κ2) is 19.1. The Kier molecular flexibility index (Phi) is 16.1. The van der Waals surface area contributed by atoms with Gasteiger partial charge in [-0.2, -0.15) is 4.99 Å². The van der Waals surface area contributed by atoms with Gasteiger partial charge in [0.25, 0.3) is 0 Å². The van der Waals surface area contributed by atoms with Gasteiger partial charge >= 0.3 is 12.2 Å². The fourth-order valence-electron chi connectivity index (χ4n) is 9.32. The van der Waals surface area contributed by atoms with Crippen molar-refractivity contribution >= 4 is 35.3 Å². The van der Waals surface area contributed by atoms with Crippen LogP contribution in [0.5, 0.6) is 0 Å². The average Bonchev–Trinajstić information content (AvgIpc) is 3.08. The molecule has 0 spiro atoms. The lowest BCUT2D eigenvalue weighted by Crippen LogP contribution is -2.60. The minimum atomic E-state index is -0.494. The van der Waals surface area contributed by atoms with Gasteiger partial charge in [-0.25, -0.2) is 14.4 Å². The molecule has 0 saturated carbocycles. The molecule has 3 aliphatic heterocycles. The van der Waals surface area contributed by atoms with Gasteiger partial charge in [0.15, 0.2) is 0 Å². The Labute approximate surface area is 361 Å². The van der Waals surface area contributed by atoms with E-state index >= 15 is 0 Å². The standard InChI is InChI=1S/C19H27N3O3.C19H30N2O2.C10H21NO/c1-13-7-8-14(9-16(13)20-12-23)21-17(24)25-15-10-18(2,3)22(6)19(4,5)11-15;1-13-8-9-15(10-14(13)2)20-17(22)23-16-11-18(3,4)21(7)19(5,6)12-16;1-9(2)6-8(12)7-10(3,4)11(9)5/h7-9,15H,10-11H2,1-6H3,(H,21,24);8-10,16H,11-12H2,1-7H3,(H,20,22);8,12H,6-7H2,1-5H3. The highest BCUT2D eigenvalue weighted by Crippen LogP contribution is 2.40. The van der Waals surface area contributed by atoms with E-state index in [9.17, 15) is 19.5 Å². The van der Waals surface area contributed by atoms with Gasteiger partial charge in [-0.3, -0.25) is 25.3 Å². The van der Waals surface area contributed by atoms with E-state index in [2.05, 4.69) is 141 Å². The molecular weight excluding hydrogens is 757 g/mol. The number of ether oxygens (including phenoxy) is 2. The Bertz CT molecular complexity index is 1810. The summed E-state index contributed by atoms with van der Waals surface area (Å²) in [4.78, 5) is 45.7. The number of likely N-dealkylation sites (tertiary alicyclic amines) is 3. The molecule has 12 heteroatoms. The van der Waals surface area contributed by atoms with Gasteiger partial charge < -0.3 is 14.6 Å². The minimum Gasteiger partial charge on any atom is -0.446 e. The van der Waals surface area contributed by atoms with E-state index in [0.717, 1.165) is 55.3 Å². The first kappa shape index (κ1) is 50.6. The van der Waals surface area contributed by atoms with Crippen LogP contribution >= 0.6 is 0 Å². The minimum absolute atomic E-state index is 0.00709. The molecule has 0 radical (unpaired) electrons. The van der Waals surface area contributed by atoms with Crippen LogP contribution in [0, 0.1) is 20.8 Å². The second-order valence-electron chi connectivity index (χ2n) is 21.2. The van der Waals surface area contributed by atoms with Gasteiger partial charge in [0.2, 0.25) is 6.08 Å². The monoisotopic (exact) mass is 835 g/mol. The summed E-state index contributed by atoms with van der Waals surface area (Å²) < 4.78 is 11.4. The number of isocyanates is 1. The highest BCUT2D eigenvalue weighted by molar-refractivity contribution is 5.86. The number of hydrogen-bond acceptors (Lipinski definition) is 10. The molecule has 3 aliphatic rings. The van der Waals surface area contributed by atoms with E-state index in [1.165, 1.54) is 11.6 Å². The zero-order valence-electron chi connectivity index (χ0n) is 40.2. The third kappa shape index (κ3) is 13.3. The number of hydrogen-bond donors (Lipinski definition) is 3.